The summed E-state index contributed by atoms with van der Waals surface area (Å²) in [6.45, 7) is 2.11. The van der Waals surface area contributed by atoms with E-state index in [9.17, 15) is 0 Å². The predicted molar refractivity (Wildman–Crippen MR) is 117 cm³/mol. The Morgan fingerprint density at radius 2 is 1.11 bits per heavy atom. The van der Waals surface area contributed by atoms with Crippen molar-refractivity contribution in [2.45, 2.75) is 6.92 Å². The molecule has 5 aromatic rings. The average molecular weight is 366 g/mol. The molecule has 1 aromatic heterocycles. The largest absolute Gasteiger partial charge is 0.455 e. The first-order valence-electron chi connectivity index (χ1n) is 9.14. The summed E-state index contributed by atoms with van der Waals surface area (Å²) in [5, 5.41) is 6.34. The van der Waals surface area contributed by atoms with Crippen molar-refractivity contribution in [3.8, 4) is 0 Å². The quantitative estimate of drug-likeness (QED) is 0.376. The zero-order valence-electron chi connectivity index (χ0n) is 15.1. The van der Waals surface area contributed by atoms with Crippen LogP contribution in [0.5, 0.6) is 0 Å². The highest BCUT2D eigenvalue weighted by molar-refractivity contribution is 7.80. The first-order chi connectivity index (χ1) is 13.3. The second-order valence-electron chi connectivity index (χ2n) is 6.71. The first kappa shape index (κ1) is 16.3. The molecule has 0 saturated carbocycles. The van der Waals surface area contributed by atoms with E-state index in [1.807, 2.05) is 0 Å². The van der Waals surface area contributed by atoms with Gasteiger partial charge >= 0.3 is 0 Å². The lowest BCUT2D eigenvalue weighted by Gasteiger charge is -2.19. The van der Waals surface area contributed by atoms with Crippen LogP contribution in [0.4, 0.5) is 0 Å². The number of hydrogen-bond donors (Lipinski definition) is 0. The van der Waals surface area contributed by atoms with Crippen LogP contribution in [0, 0.1) is 6.92 Å². The van der Waals surface area contributed by atoms with E-state index in [1.54, 1.807) is 0 Å². The van der Waals surface area contributed by atoms with Crippen molar-refractivity contribution in [3.63, 3.8) is 0 Å². The summed E-state index contributed by atoms with van der Waals surface area (Å²) in [5.74, 6) is 0. The van der Waals surface area contributed by atoms with Gasteiger partial charge in [-0.15, -0.1) is 0 Å². The van der Waals surface area contributed by atoms with Crippen LogP contribution in [0.3, 0.4) is 0 Å². The van der Waals surface area contributed by atoms with Gasteiger partial charge in [-0.2, -0.15) is 0 Å². The van der Waals surface area contributed by atoms with Gasteiger partial charge < -0.3 is 4.42 Å². The molecule has 130 valence electrons. The summed E-state index contributed by atoms with van der Waals surface area (Å²) >= 11 is 0. The molecule has 0 amide bonds. The molecule has 0 spiro atoms. The van der Waals surface area contributed by atoms with Crippen LogP contribution in [-0.4, -0.2) is 0 Å². The Morgan fingerprint density at radius 1 is 0.556 bits per heavy atom. The smallest absolute Gasteiger partial charge is 0.143 e. The predicted octanol–water partition coefficient (Wildman–Crippen LogP) is 5.65. The zero-order chi connectivity index (χ0) is 18.2. The molecular weight excluding hydrogens is 347 g/mol. The van der Waals surface area contributed by atoms with Gasteiger partial charge in [0.1, 0.15) is 11.2 Å². The molecule has 0 saturated heterocycles. The monoisotopic (exact) mass is 366 g/mol. The van der Waals surface area contributed by atoms with Crippen molar-refractivity contribution in [2.75, 3.05) is 0 Å². The summed E-state index contributed by atoms with van der Waals surface area (Å²) < 4.78 is 6.45. The van der Waals surface area contributed by atoms with Crippen molar-refractivity contribution >= 4 is 45.8 Å². The van der Waals surface area contributed by atoms with Crippen molar-refractivity contribution < 1.29 is 4.42 Å². The van der Waals surface area contributed by atoms with Crippen molar-refractivity contribution in [1.29, 1.82) is 0 Å². The van der Waals surface area contributed by atoms with E-state index >= 15 is 0 Å². The van der Waals surface area contributed by atoms with Crippen LogP contribution >= 0.6 is 7.92 Å². The lowest BCUT2D eigenvalue weighted by Crippen LogP contribution is -2.20. The number of hydrogen-bond acceptors (Lipinski definition) is 1. The molecule has 0 aliphatic heterocycles. The second-order valence-corrected chi connectivity index (χ2v) is 8.90. The van der Waals surface area contributed by atoms with E-state index in [4.69, 9.17) is 4.42 Å². The highest BCUT2D eigenvalue weighted by atomic mass is 31.1. The number of fused-ring (bicyclic) bond motifs is 3. The molecule has 4 aromatic carbocycles. The molecule has 0 aliphatic carbocycles. The standard InChI is InChI=1S/C25H19OP/c1-18-10-8-15-21-22-16-9-17-23(25(22)26-24(18)21)27(19-11-4-2-5-12-19)20-13-6-3-7-14-20/h2-17H,1H3. The molecule has 0 atom stereocenters. The minimum Gasteiger partial charge on any atom is -0.455 e. The Morgan fingerprint density at radius 3 is 1.74 bits per heavy atom. The van der Waals surface area contributed by atoms with Gasteiger partial charge in [-0.1, -0.05) is 97.1 Å². The normalized spacial score (nSPS) is 11.5. The van der Waals surface area contributed by atoms with E-state index in [2.05, 4.69) is 104 Å². The average Bonchev–Trinajstić information content (AvgIpc) is 3.11. The van der Waals surface area contributed by atoms with E-state index in [1.165, 1.54) is 32.2 Å². The molecule has 0 fully saturated rings. The van der Waals surface area contributed by atoms with E-state index in [-0.39, 0.29) is 0 Å². The minimum atomic E-state index is -0.686. The van der Waals surface area contributed by atoms with Gasteiger partial charge in [-0.25, -0.2) is 0 Å². The molecular formula is C25H19OP. The number of para-hydroxylation sites is 2. The maximum absolute atomic E-state index is 6.45. The summed E-state index contributed by atoms with van der Waals surface area (Å²) in [5.41, 5.74) is 3.19. The van der Waals surface area contributed by atoms with E-state index in [0.717, 1.165) is 11.2 Å². The van der Waals surface area contributed by atoms with Gasteiger partial charge in [0.15, 0.2) is 0 Å². The third-order valence-electron chi connectivity index (χ3n) is 4.97. The van der Waals surface area contributed by atoms with Crippen LogP contribution in [0.2, 0.25) is 0 Å². The van der Waals surface area contributed by atoms with Gasteiger partial charge in [0, 0.05) is 16.1 Å². The third-order valence-corrected chi connectivity index (χ3v) is 7.43. The molecule has 27 heavy (non-hydrogen) atoms. The Labute approximate surface area is 160 Å². The van der Waals surface area contributed by atoms with Crippen molar-refractivity contribution in [3.05, 3.63) is 103 Å². The first-order valence-corrected chi connectivity index (χ1v) is 10.5. The number of rotatable bonds is 3. The summed E-state index contributed by atoms with van der Waals surface area (Å²) in [4.78, 5) is 0. The van der Waals surface area contributed by atoms with Gasteiger partial charge in [-0.3, -0.25) is 0 Å². The Bertz CT molecular complexity index is 1180. The Kier molecular flexibility index (Phi) is 4.03. The van der Waals surface area contributed by atoms with Gasteiger partial charge in [0.25, 0.3) is 0 Å². The highest BCUT2D eigenvalue weighted by Gasteiger charge is 2.21. The Hall–Kier alpha value is -2.89. The summed E-state index contributed by atoms with van der Waals surface area (Å²) in [6.07, 6.45) is 0. The molecule has 2 heteroatoms. The number of benzene rings is 4. The van der Waals surface area contributed by atoms with Crippen LogP contribution in [0.25, 0.3) is 21.9 Å². The molecule has 0 aliphatic rings. The molecule has 0 unspecified atom stereocenters. The summed E-state index contributed by atoms with van der Waals surface area (Å²) in [7, 11) is -0.686. The van der Waals surface area contributed by atoms with Gasteiger partial charge in [0.05, 0.1) is 0 Å². The van der Waals surface area contributed by atoms with Crippen molar-refractivity contribution in [2.24, 2.45) is 0 Å². The molecule has 5 rings (SSSR count). The maximum atomic E-state index is 6.45. The van der Waals surface area contributed by atoms with Gasteiger partial charge in [0.2, 0.25) is 0 Å². The van der Waals surface area contributed by atoms with Crippen molar-refractivity contribution in [1.82, 2.24) is 0 Å². The van der Waals surface area contributed by atoms with Crippen LogP contribution < -0.4 is 15.9 Å². The molecule has 0 N–H and O–H groups in total. The molecule has 1 heterocycles. The molecule has 0 radical (unpaired) electrons. The maximum Gasteiger partial charge on any atom is 0.143 e. The van der Waals surface area contributed by atoms with Gasteiger partial charge in [-0.05, 0) is 31.0 Å². The highest BCUT2D eigenvalue weighted by Crippen LogP contribution is 2.38. The lowest BCUT2D eigenvalue weighted by molar-refractivity contribution is 0.668. The second kappa shape index (κ2) is 6.68. The van der Waals surface area contributed by atoms with Crippen LogP contribution in [-0.2, 0) is 0 Å². The Balaban J connectivity index is 1.83. The third kappa shape index (κ3) is 2.76. The summed E-state index contributed by atoms with van der Waals surface area (Å²) in [6, 6.07) is 34.5. The SMILES string of the molecule is Cc1cccc2c1oc1c(P(c3ccccc3)c3ccccc3)cccc12. The molecule has 0 bridgehead atoms. The van der Waals surface area contributed by atoms with Crippen LogP contribution in [0.1, 0.15) is 5.56 Å². The number of aryl methyl sites for hydroxylation is 1. The number of furan rings is 1. The lowest BCUT2D eigenvalue weighted by atomic mass is 10.1. The zero-order valence-corrected chi connectivity index (χ0v) is 16.0. The van der Waals surface area contributed by atoms with E-state index < -0.39 is 7.92 Å². The van der Waals surface area contributed by atoms with E-state index in [0.29, 0.717) is 0 Å². The van der Waals surface area contributed by atoms with Crippen LogP contribution in [0.15, 0.2) is 101 Å². The topological polar surface area (TPSA) is 13.1 Å². The molecule has 1 nitrogen and oxygen atoms in total. The fraction of sp³-hybridized carbons (Fsp3) is 0.0400. The fourth-order valence-electron chi connectivity index (χ4n) is 3.70. The fourth-order valence-corrected chi connectivity index (χ4v) is 6.10. The minimum absolute atomic E-state index is 0.686.